The molecule has 7 nitrogen and oxygen atoms in total. The molecule has 1 aliphatic heterocycles. The number of nitrogens with zero attached hydrogens (tertiary/aromatic N) is 2. The predicted molar refractivity (Wildman–Crippen MR) is 88.3 cm³/mol. The highest BCUT2D eigenvalue weighted by molar-refractivity contribution is 5.65. The second kappa shape index (κ2) is 7.08. The third-order valence-corrected chi connectivity index (χ3v) is 3.81. The second-order valence-corrected chi connectivity index (χ2v) is 5.65. The lowest BCUT2D eigenvalue weighted by Crippen LogP contribution is -2.29. The fourth-order valence-electron chi connectivity index (χ4n) is 2.60. The molecule has 1 atom stereocenters. The fraction of sp³-hybridized carbons (Fsp3) is 0.294. The molecule has 1 fully saturated rings. The van der Waals surface area contributed by atoms with Gasteiger partial charge in [0.05, 0.1) is 6.54 Å². The molecule has 3 rings (SSSR count). The van der Waals surface area contributed by atoms with Gasteiger partial charge in [0.15, 0.2) is 0 Å². The first-order valence-corrected chi connectivity index (χ1v) is 7.73. The molecule has 2 heterocycles. The van der Waals surface area contributed by atoms with Crippen LogP contribution in [0.2, 0.25) is 0 Å². The summed E-state index contributed by atoms with van der Waals surface area (Å²) >= 11 is 0. The maximum absolute atomic E-state index is 10.9. The minimum Gasteiger partial charge on any atom is -0.508 e. The molecule has 126 valence electrons. The van der Waals surface area contributed by atoms with Gasteiger partial charge in [0.2, 0.25) is 5.88 Å². The van der Waals surface area contributed by atoms with Gasteiger partial charge in [0.1, 0.15) is 17.7 Å². The van der Waals surface area contributed by atoms with Crippen molar-refractivity contribution in [2.45, 2.75) is 19.1 Å². The maximum atomic E-state index is 10.9. The van der Waals surface area contributed by atoms with Gasteiger partial charge < -0.3 is 25.2 Å². The SMILES string of the molecule is O=C(O)N1CC[C@H](Oc2cc(O)cc(NCc3ccccc3)n2)C1. The largest absolute Gasteiger partial charge is 0.508 e. The predicted octanol–water partition coefficient (Wildman–Crippen LogP) is 2.53. The summed E-state index contributed by atoms with van der Waals surface area (Å²) in [4.78, 5) is 16.6. The smallest absolute Gasteiger partial charge is 0.407 e. The van der Waals surface area contributed by atoms with E-state index in [-0.39, 0.29) is 17.7 Å². The van der Waals surface area contributed by atoms with Crippen LogP contribution < -0.4 is 10.1 Å². The highest BCUT2D eigenvalue weighted by Crippen LogP contribution is 2.24. The Labute approximate surface area is 139 Å². The first kappa shape index (κ1) is 15.9. The van der Waals surface area contributed by atoms with E-state index in [9.17, 15) is 9.90 Å². The molecule has 0 radical (unpaired) electrons. The average molecular weight is 329 g/mol. The molecule has 0 bridgehead atoms. The lowest BCUT2D eigenvalue weighted by Gasteiger charge is -2.15. The molecule has 0 saturated carbocycles. The van der Waals surface area contributed by atoms with Crippen LogP contribution in [0.25, 0.3) is 0 Å². The summed E-state index contributed by atoms with van der Waals surface area (Å²) < 4.78 is 5.71. The van der Waals surface area contributed by atoms with Gasteiger partial charge in [-0.25, -0.2) is 4.79 Å². The van der Waals surface area contributed by atoms with Crippen LogP contribution in [0.1, 0.15) is 12.0 Å². The number of aromatic nitrogens is 1. The van der Waals surface area contributed by atoms with Crippen molar-refractivity contribution in [1.29, 1.82) is 0 Å². The molecular weight excluding hydrogens is 310 g/mol. The Kier molecular flexibility index (Phi) is 4.69. The molecule has 0 aliphatic carbocycles. The molecule has 1 aromatic heterocycles. The molecule has 2 aromatic rings. The Hall–Kier alpha value is -2.96. The average Bonchev–Trinajstić information content (AvgIpc) is 3.02. The third-order valence-electron chi connectivity index (χ3n) is 3.81. The fourth-order valence-corrected chi connectivity index (χ4v) is 2.60. The minimum absolute atomic E-state index is 0.0450. The van der Waals surface area contributed by atoms with E-state index in [0.29, 0.717) is 31.9 Å². The zero-order chi connectivity index (χ0) is 16.9. The van der Waals surface area contributed by atoms with Gasteiger partial charge in [-0.15, -0.1) is 0 Å². The number of anilines is 1. The van der Waals surface area contributed by atoms with E-state index in [2.05, 4.69) is 10.3 Å². The summed E-state index contributed by atoms with van der Waals surface area (Å²) in [5, 5.41) is 21.9. The van der Waals surface area contributed by atoms with Crippen molar-refractivity contribution in [1.82, 2.24) is 9.88 Å². The van der Waals surface area contributed by atoms with Gasteiger partial charge >= 0.3 is 6.09 Å². The van der Waals surface area contributed by atoms with Crippen LogP contribution in [-0.4, -0.2) is 45.4 Å². The van der Waals surface area contributed by atoms with Crippen LogP contribution >= 0.6 is 0 Å². The van der Waals surface area contributed by atoms with Crippen molar-refractivity contribution in [2.24, 2.45) is 0 Å². The van der Waals surface area contributed by atoms with Gasteiger partial charge in [0, 0.05) is 31.6 Å². The number of pyridine rings is 1. The van der Waals surface area contributed by atoms with Gasteiger partial charge in [-0.3, -0.25) is 0 Å². The van der Waals surface area contributed by atoms with Gasteiger partial charge in [0.25, 0.3) is 0 Å². The normalized spacial score (nSPS) is 16.8. The van der Waals surface area contributed by atoms with Gasteiger partial charge in [-0.1, -0.05) is 30.3 Å². The van der Waals surface area contributed by atoms with Gasteiger partial charge in [-0.05, 0) is 5.56 Å². The molecule has 1 amide bonds. The second-order valence-electron chi connectivity index (χ2n) is 5.65. The maximum Gasteiger partial charge on any atom is 0.407 e. The number of likely N-dealkylation sites (tertiary alicyclic amines) is 1. The monoisotopic (exact) mass is 329 g/mol. The summed E-state index contributed by atoms with van der Waals surface area (Å²) in [6, 6.07) is 12.8. The standard InChI is InChI=1S/C17H19N3O4/c21-13-8-15(18-10-12-4-2-1-3-5-12)19-16(9-13)24-14-6-7-20(11-14)17(22)23/h1-5,8-9,14H,6-7,10-11H2,(H,22,23)(H2,18,19,21)/t14-/m0/s1. The van der Waals surface area contributed by atoms with E-state index >= 15 is 0 Å². The molecule has 0 spiro atoms. The van der Waals surface area contributed by atoms with E-state index in [1.54, 1.807) is 0 Å². The Morgan fingerprint density at radius 2 is 2.12 bits per heavy atom. The van der Waals surface area contributed by atoms with Crippen LogP contribution in [0, 0.1) is 0 Å². The van der Waals surface area contributed by atoms with Crippen LogP contribution in [-0.2, 0) is 6.54 Å². The number of benzene rings is 1. The van der Waals surface area contributed by atoms with E-state index in [1.807, 2.05) is 30.3 Å². The van der Waals surface area contributed by atoms with E-state index < -0.39 is 6.09 Å². The molecular formula is C17H19N3O4. The van der Waals surface area contributed by atoms with E-state index in [4.69, 9.17) is 9.84 Å². The summed E-state index contributed by atoms with van der Waals surface area (Å²) in [6.07, 6.45) is -0.594. The van der Waals surface area contributed by atoms with Crippen molar-refractivity contribution < 1.29 is 19.7 Å². The lowest BCUT2D eigenvalue weighted by atomic mass is 10.2. The number of rotatable bonds is 5. The summed E-state index contributed by atoms with van der Waals surface area (Å²) in [5.41, 5.74) is 1.10. The van der Waals surface area contributed by atoms with Crippen LogP contribution in [0.15, 0.2) is 42.5 Å². The van der Waals surface area contributed by atoms with Crippen LogP contribution in [0.3, 0.4) is 0 Å². The number of amides is 1. The Morgan fingerprint density at radius 3 is 2.83 bits per heavy atom. The zero-order valence-corrected chi connectivity index (χ0v) is 13.1. The Bertz CT molecular complexity index is 708. The Morgan fingerprint density at radius 1 is 1.33 bits per heavy atom. The summed E-state index contributed by atoms with van der Waals surface area (Å²) in [5.74, 6) is 0.827. The number of aromatic hydroxyl groups is 1. The van der Waals surface area contributed by atoms with Crippen molar-refractivity contribution >= 4 is 11.9 Å². The number of nitrogens with one attached hydrogen (secondary N) is 1. The van der Waals surface area contributed by atoms with Crippen molar-refractivity contribution in [3.8, 4) is 11.6 Å². The first-order chi connectivity index (χ1) is 11.6. The minimum atomic E-state index is -0.949. The molecule has 3 N–H and O–H groups in total. The lowest BCUT2D eigenvalue weighted by molar-refractivity contribution is 0.144. The van der Waals surface area contributed by atoms with Crippen LogP contribution in [0.4, 0.5) is 10.6 Å². The molecule has 0 unspecified atom stereocenters. The highest BCUT2D eigenvalue weighted by atomic mass is 16.5. The number of hydrogen-bond donors (Lipinski definition) is 3. The number of carbonyl (C=O) groups is 1. The number of ether oxygens (including phenoxy) is 1. The highest BCUT2D eigenvalue weighted by Gasteiger charge is 2.27. The zero-order valence-electron chi connectivity index (χ0n) is 13.1. The van der Waals surface area contributed by atoms with Crippen LogP contribution in [0.5, 0.6) is 11.6 Å². The van der Waals surface area contributed by atoms with E-state index in [1.165, 1.54) is 17.0 Å². The quantitative estimate of drug-likeness (QED) is 0.780. The van der Waals surface area contributed by atoms with Crippen molar-refractivity contribution in [3.63, 3.8) is 0 Å². The summed E-state index contributed by atoms with van der Waals surface area (Å²) in [7, 11) is 0. The van der Waals surface area contributed by atoms with E-state index in [0.717, 1.165) is 5.56 Å². The number of hydrogen-bond acceptors (Lipinski definition) is 5. The summed E-state index contributed by atoms with van der Waals surface area (Å²) in [6.45, 7) is 1.32. The third kappa shape index (κ3) is 4.07. The topological polar surface area (TPSA) is 94.9 Å². The molecule has 1 saturated heterocycles. The first-order valence-electron chi connectivity index (χ1n) is 7.73. The molecule has 1 aliphatic rings. The van der Waals surface area contributed by atoms with Crippen molar-refractivity contribution in [3.05, 3.63) is 48.0 Å². The molecule has 24 heavy (non-hydrogen) atoms. The number of carboxylic acid groups (broad SMARTS) is 1. The van der Waals surface area contributed by atoms with Gasteiger partial charge in [-0.2, -0.15) is 4.98 Å². The van der Waals surface area contributed by atoms with Crippen molar-refractivity contribution in [2.75, 3.05) is 18.4 Å². The molecule has 1 aromatic carbocycles. The molecule has 7 heteroatoms. The Balaban J connectivity index is 1.62.